The first-order valence-electron chi connectivity index (χ1n) is 10.8. The molecule has 0 aliphatic carbocycles. The van der Waals surface area contributed by atoms with Crippen molar-refractivity contribution in [2.75, 3.05) is 36.5 Å². The molecule has 3 aliphatic rings. The van der Waals surface area contributed by atoms with Gasteiger partial charge in [-0.1, -0.05) is 12.1 Å². The van der Waals surface area contributed by atoms with Crippen molar-refractivity contribution in [3.8, 4) is 5.75 Å². The van der Waals surface area contributed by atoms with Crippen molar-refractivity contribution in [1.29, 1.82) is 0 Å². The van der Waals surface area contributed by atoms with Crippen molar-refractivity contribution >= 4 is 33.0 Å². The number of hydrogen-bond donors (Lipinski definition) is 1. The second-order valence-corrected chi connectivity index (χ2v) is 9.05. The zero-order valence-electron chi connectivity index (χ0n) is 17.5. The van der Waals surface area contributed by atoms with Crippen LogP contribution in [0.15, 0.2) is 42.5 Å². The first-order chi connectivity index (χ1) is 14.4. The van der Waals surface area contributed by atoms with E-state index in [1.807, 2.05) is 21.8 Å². The summed E-state index contributed by atoms with van der Waals surface area (Å²) >= 11 is 0. The summed E-state index contributed by atoms with van der Waals surface area (Å²) in [4.78, 5) is 17.6. The number of benzene rings is 2. The zero-order chi connectivity index (χ0) is 20.9. The smallest absolute Gasteiger partial charge is 0.233 e. The molecule has 0 radical (unpaired) electrons. The van der Waals surface area contributed by atoms with Gasteiger partial charge in [0, 0.05) is 31.6 Å². The molecule has 2 aromatic carbocycles. The van der Waals surface area contributed by atoms with Gasteiger partial charge in [-0.05, 0) is 48.7 Å². The third kappa shape index (κ3) is 3.18. The third-order valence-corrected chi connectivity index (χ3v) is 6.81. The van der Waals surface area contributed by atoms with Crippen molar-refractivity contribution in [1.82, 2.24) is 4.90 Å². The largest absolute Gasteiger partial charge is 0.494 e. The number of fused-ring (bicyclic) bond motifs is 3. The molecule has 2 atom stereocenters. The highest BCUT2D eigenvalue weighted by molar-refractivity contribution is 6.55. The number of ether oxygens (including phenoxy) is 1. The number of anilines is 2. The normalized spacial score (nSPS) is 24.2. The SMILES string of the molecule is BC1(B)C(=O)Nc2cccc3c2N1[C@H]1CCN(CCCOc2ccc(F)cc2)C[C@@H]31. The lowest BCUT2D eigenvalue weighted by Crippen LogP contribution is -2.64. The predicted octanol–water partition coefficient (Wildman–Crippen LogP) is 1.14. The summed E-state index contributed by atoms with van der Waals surface area (Å²) in [5.41, 5.74) is 3.53. The maximum Gasteiger partial charge on any atom is 0.233 e. The molecule has 3 heterocycles. The van der Waals surface area contributed by atoms with Gasteiger partial charge in [-0.15, -0.1) is 0 Å². The standard InChI is InChI=1S/C22H26B2FN3O2/c23-22(24)21(29)26-18-4-1-3-16-17-13-27(11-9-19(17)28(22)20(16)18)10-2-12-30-15-7-5-14(25)6-8-15/h1,3-8,17,19H,2,9-13,23-24H2,(H,26,29)/t17-,19-/m0/s1. The van der Waals surface area contributed by atoms with E-state index in [0.717, 1.165) is 38.2 Å². The number of nitrogens with zero attached hydrogens (tertiary/aromatic N) is 2. The van der Waals surface area contributed by atoms with Gasteiger partial charge in [0.15, 0.2) is 0 Å². The Balaban J connectivity index is 1.25. The first-order valence-corrected chi connectivity index (χ1v) is 10.8. The number of carbonyl (C=O) groups excluding carboxylic acids is 1. The molecule has 3 aliphatic heterocycles. The fourth-order valence-corrected chi connectivity index (χ4v) is 5.31. The third-order valence-electron chi connectivity index (χ3n) is 6.81. The van der Waals surface area contributed by atoms with Crippen LogP contribution in [-0.4, -0.2) is 64.1 Å². The van der Waals surface area contributed by atoms with Gasteiger partial charge in [0.25, 0.3) is 0 Å². The average molecular weight is 405 g/mol. The fourth-order valence-electron chi connectivity index (χ4n) is 5.31. The highest BCUT2D eigenvalue weighted by Crippen LogP contribution is 2.52. The molecule has 1 fully saturated rings. The van der Waals surface area contributed by atoms with E-state index in [9.17, 15) is 9.18 Å². The number of para-hydroxylation sites is 1. The predicted molar refractivity (Wildman–Crippen MR) is 121 cm³/mol. The molecule has 5 nitrogen and oxygen atoms in total. The number of piperidine rings is 1. The average Bonchev–Trinajstić information content (AvgIpc) is 3.07. The van der Waals surface area contributed by atoms with Crippen molar-refractivity contribution in [3.63, 3.8) is 0 Å². The highest BCUT2D eigenvalue weighted by Gasteiger charge is 2.52. The fraction of sp³-hybridized carbons (Fsp3) is 0.409. The quantitative estimate of drug-likeness (QED) is 0.599. The van der Waals surface area contributed by atoms with Gasteiger partial charge in [-0.2, -0.15) is 0 Å². The lowest BCUT2D eigenvalue weighted by Gasteiger charge is -2.48. The second kappa shape index (κ2) is 7.34. The van der Waals surface area contributed by atoms with Gasteiger partial charge in [0.1, 0.15) is 27.3 Å². The molecular weight excluding hydrogens is 379 g/mol. The van der Waals surface area contributed by atoms with E-state index in [2.05, 4.69) is 27.2 Å². The molecule has 30 heavy (non-hydrogen) atoms. The van der Waals surface area contributed by atoms with E-state index in [4.69, 9.17) is 4.74 Å². The Morgan fingerprint density at radius 3 is 2.80 bits per heavy atom. The van der Waals surface area contributed by atoms with Crippen molar-refractivity contribution in [2.45, 2.75) is 30.1 Å². The Morgan fingerprint density at radius 2 is 2.00 bits per heavy atom. The highest BCUT2D eigenvalue weighted by atomic mass is 19.1. The minimum atomic E-state index is -0.534. The van der Waals surface area contributed by atoms with Crippen LogP contribution in [0.25, 0.3) is 0 Å². The second-order valence-electron chi connectivity index (χ2n) is 9.05. The van der Waals surface area contributed by atoms with Crippen molar-refractivity contribution in [3.05, 3.63) is 53.8 Å². The molecule has 1 saturated heterocycles. The molecule has 154 valence electrons. The Kier molecular flexibility index (Phi) is 4.77. The summed E-state index contributed by atoms with van der Waals surface area (Å²) in [6.45, 7) is 3.61. The number of hydrogen-bond acceptors (Lipinski definition) is 4. The molecule has 5 rings (SSSR count). The van der Waals surface area contributed by atoms with Gasteiger partial charge in [-0.3, -0.25) is 4.79 Å². The molecular formula is C22H26B2FN3O2. The lowest BCUT2D eigenvalue weighted by molar-refractivity contribution is -0.117. The summed E-state index contributed by atoms with van der Waals surface area (Å²) < 4.78 is 18.7. The van der Waals surface area contributed by atoms with E-state index in [1.165, 1.54) is 23.4 Å². The molecule has 1 amide bonds. The number of nitrogens with one attached hydrogen (secondary N) is 1. The minimum absolute atomic E-state index is 0.0770. The van der Waals surface area contributed by atoms with Crippen LogP contribution in [0.3, 0.4) is 0 Å². The summed E-state index contributed by atoms with van der Waals surface area (Å²) in [6, 6.07) is 12.8. The number of carbonyl (C=O) groups is 1. The molecule has 0 spiro atoms. The zero-order valence-corrected chi connectivity index (χ0v) is 17.5. The molecule has 0 aromatic heterocycles. The van der Waals surface area contributed by atoms with Crippen LogP contribution in [0, 0.1) is 5.82 Å². The van der Waals surface area contributed by atoms with E-state index >= 15 is 0 Å². The van der Waals surface area contributed by atoms with Crippen LogP contribution in [0.2, 0.25) is 0 Å². The van der Waals surface area contributed by atoms with E-state index in [1.54, 1.807) is 12.1 Å². The molecule has 0 unspecified atom stereocenters. The van der Waals surface area contributed by atoms with E-state index in [0.29, 0.717) is 24.3 Å². The van der Waals surface area contributed by atoms with E-state index in [-0.39, 0.29) is 11.7 Å². The molecule has 0 saturated carbocycles. The van der Waals surface area contributed by atoms with E-state index < -0.39 is 5.34 Å². The Hall–Kier alpha value is -2.47. The van der Waals surface area contributed by atoms with Gasteiger partial charge < -0.3 is 19.9 Å². The number of halogens is 1. The molecule has 0 bridgehead atoms. The lowest BCUT2D eigenvalue weighted by atomic mass is 9.58. The topological polar surface area (TPSA) is 44.8 Å². The minimum Gasteiger partial charge on any atom is -0.494 e. The van der Waals surface area contributed by atoms with Crippen molar-refractivity contribution < 1.29 is 13.9 Å². The summed E-state index contributed by atoms with van der Waals surface area (Å²) in [5.74, 6) is 0.955. The number of amides is 1. The number of likely N-dealkylation sites (tertiary alicyclic amines) is 1. The first kappa shape index (κ1) is 19.5. The van der Waals surface area contributed by atoms with Crippen LogP contribution in [-0.2, 0) is 4.79 Å². The summed E-state index contributed by atoms with van der Waals surface area (Å²) in [5, 5.41) is 2.57. The van der Waals surface area contributed by atoms with Crippen LogP contribution in [0.4, 0.5) is 15.8 Å². The Bertz CT molecular complexity index is 969. The molecule has 2 aromatic rings. The molecule has 8 heteroatoms. The summed E-state index contributed by atoms with van der Waals surface area (Å²) in [6.07, 6.45) is 1.98. The van der Waals surface area contributed by atoms with Gasteiger partial charge >= 0.3 is 0 Å². The van der Waals surface area contributed by atoms with Gasteiger partial charge in [0.05, 0.1) is 23.3 Å². The summed E-state index contributed by atoms with van der Waals surface area (Å²) in [7, 11) is 4.06. The van der Waals surface area contributed by atoms with Crippen LogP contribution in [0.1, 0.15) is 24.3 Å². The van der Waals surface area contributed by atoms with Crippen LogP contribution in [0.5, 0.6) is 5.75 Å². The van der Waals surface area contributed by atoms with Gasteiger partial charge in [0.2, 0.25) is 5.91 Å². The monoisotopic (exact) mass is 405 g/mol. The Morgan fingerprint density at radius 1 is 1.20 bits per heavy atom. The van der Waals surface area contributed by atoms with Crippen LogP contribution >= 0.6 is 0 Å². The molecule has 1 N–H and O–H groups in total. The maximum absolute atomic E-state index is 13.0. The van der Waals surface area contributed by atoms with Gasteiger partial charge in [-0.25, -0.2) is 4.39 Å². The van der Waals surface area contributed by atoms with Crippen LogP contribution < -0.4 is 15.0 Å². The van der Waals surface area contributed by atoms with Crippen molar-refractivity contribution in [2.24, 2.45) is 0 Å². The Labute approximate surface area is 178 Å². The number of rotatable bonds is 5. The maximum atomic E-state index is 13.0.